The number of sulfonamides is 1. The third kappa shape index (κ3) is 3.99. The summed E-state index contributed by atoms with van der Waals surface area (Å²) in [6.45, 7) is 0. The van der Waals surface area contributed by atoms with Gasteiger partial charge in [0.1, 0.15) is 4.21 Å². The third-order valence-corrected chi connectivity index (χ3v) is 7.44. The van der Waals surface area contributed by atoms with Crippen molar-refractivity contribution in [1.82, 2.24) is 0 Å². The molecule has 2 aromatic rings. The molecule has 1 heterocycles. The van der Waals surface area contributed by atoms with Crippen molar-refractivity contribution >= 4 is 58.9 Å². The number of thiophene rings is 1. The third-order valence-electron chi connectivity index (χ3n) is 2.33. The van der Waals surface area contributed by atoms with Crippen LogP contribution in [-0.2, 0) is 16.2 Å². The molecule has 0 aliphatic carbocycles. The zero-order valence-electron chi connectivity index (χ0n) is 9.91. The van der Waals surface area contributed by atoms with Crippen molar-refractivity contribution < 1.29 is 21.6 Å². The zero-order valence-corrected chi connectivity index (χ0v) is 14.7. The summed E-state index contributed by atoms with van der Waals surface area (Å²) < 4.78 is 65.2. The predicted octanol–water partition coefficient (Wildman–Crippen LogP) is 5.09. The van der Waals surface area contributed by atoms with Gasteiger partial charge in [0.05, 0.1) is 9.35 Å². The van der Waals surface area contributed by atoms with Crippen LogP contribution in [0.1, 0.15) is 5.56 Å². The monoisotopic (exact) mass is 463 g/mol. The molecule has 3 nitrogen and oxygen atoms in total. The molecule has 0 atom stereocenters. The van der Waals surface area contributed by atoms with Crippen LogP contribution in [0.15, 0.2) is 42.8 Å². The largest absolute Gasteiger partial charge is 0.416 e. The first-order valence-electron chi connectivity index (χ1n) is 5.24. The van der Waals surface area contributed by atoms with Gasteiger partial charge in [0.15, 0.2) is 0 Å². The molecule has 0 saturated carbocycles. The lowest BCUT2D eigenvalue weighted by Crippen LogP contribution is -2.12. The van der Waals surface area contributed by atoms with E-state index in [1.807, 2.05) is 0 Å². The quantitative estimate of drug-likeness (QED) is 0.687. The number of hydrogen-bond acceptors (Lipinski definition) is 3. The fourth-order valence-corrected chi connectivity index (χ4v) is 5.29. The average molecular weight is 465 g/mol. The number of anilines is 1. The van der Waals surface area contributed by atoms with Crippen molar-refractivity contribution in [3.8, 4) is 0 Å². The highest BCUT2D eigenvalue weighted by Gasteiger charge is 2.30. The van der Waals surface area contributed by atoms with Crippen molar-refractivity contribution in [3.05, 3.63) is 44.2 Å². The molecule has 0 amide bonds. The maximum atomic E-state index is 12.6. The van der Waals surface area contributed by atoms with Crippen LogP contribution in [0, 0.1) is 0 Å². The summed E-state index contributed by atoms with van der Waals surface area (Å²) in [7, 11) is -3.94. The van der Waals surface area contributed by atoms with Crippen LogP contribution >= 0.6 is 43.2 Å². The topological polar surface area (TPSA) is 46.2 Å². The molecule has 0 spiro atoms. The number of nitrogens with one attached hydrogen (secondary N) is 1. The molecule has 1 aromatic heterocycles. The van der Waals surface area contributed by atoms with Gasteiger partial charge >= 0.3 is 6.18 Å². The fraction of sp³-hybridized carbons (Fsp3) is 0.0909. The van der Waals surface area contributed by atoms with Gasteiger partial charge in [-0.15, -0.1) is 11.3 Å². The Labute approximate surface area is 139 Å². The van der Waals surface area contributed by atoms with Crippen molar-refractivity contribution in [2.75, 3.05) is 4.72 Å². The average Bonchev–Trinajstić information content (AvgIpc) is 2.69. The minimum atomic E-state index is -4.53. The maximum absolute atomic E-state index is 12.6. The molecule has 0 radical (unpaired) electrons. The number of rotatable bonds is 3. The maximum Gasteiger partial charge on any atom is 0.416 e. The van der Waals surface area contributed by atoms with E-state index >= 15 is 0 Å². The van der Waals surface area contributed by atoms with Crippen LogP contribution in [0.4, 0.5) is 18.9 Å². The normalized spacial score (nSPS) is 12.4. The van der Waals surface area contributed by atoms with Gasteiger partial charge < -0.3 is 0 Å². The molecule has 0 bridgehead atoms. The number of alkyl halides is 3. The Bertz CT molecular complexity index is 753. The van der Waals surface area contributed by atoms with Crippen molar-refractivity contribution in [2.45, 2.75) is 10.4 Å². The van der Waals surface area contributed by atoms with Crippen LogP contribution in [-0.4, -0.2) is 8.42 Å². The summed E-state index contributed by atoms with van der Waals surface area (Å²) in [6, 6.07) is 5.38. The molecule has 0 saturated heterocycles. The first kappa shape index (κ1) is 16.8. The van der Waals surface area contributed by atoms with Crippen LogP contribution in [0.25, 0.3) is 0 Å². The Hall–Kier alpha value is -0.580. The summed E-state index contributed by atoms with van der Waals surface area (Å²) in [6.07, 6.45) is -4.53. The first-order valence-corrected chi connectivity index (χ1v) is 9.13. The minimum Gasteiger partial charge on any atom is -0.279 e. The summed E-state index contributed by atoms with van der Waals surface area (Å²) in [5, 5.41) is 0. The van der Waals surface area contributed by atoms with Gasteiger partial charge in [-0.1, -0.05) is 6.07 Å². The van der Waals surface area contributed by atoms with E-state index in [0.29, 0.717) is 8.26 Å². The lowest BCUT2D eigenvalue weighted by Gasteiger charge is -2.10. The lowest BCUT2D eigenvalue weighted by molar-refractivity contribution is -0.137. The van der Waals surface area contributed by atoms with Gasteiger partial charge in [0.2, 0.25) is 0 Å². The van der Waals surface area contributed by atoms with E-state index in [0.717, 1.165) is 29.5 Å². The van der Waals surface area contributed by atoms with E-state index in [1.165, 1.54) is 12.1 Å². The van der Waals surface area contributed by atoms with Gasteiger partial charge in [0.25, 0.3) is 10.0 Å². The molecule has 10 heteroatoms. The van der Waals surface area contributed by atoms with Crippen LogP contribution in [0.5, 0.6) is 0 Å². The van der Waals surface area contributed by atoms with Crippen LogP contribution in [0.3, 0.4) is 0 Å². The second kappa shape index (κ2) is 5.90. The van der Waals surface area contributed by atoms with E-state index in [9.17, 15) is 21.6 Å². The highest BCUT2D eigenvalue weighted by atomic mass is 79.9. The van der Waals surface area contributed by atoms with Gasteiger partial charge in [0, 0.05) is 10.2 Å². The summed E-state index contributed by atoms with van der Waals surface area (Å²) >= 11 is 7.26. The van der Waals surface area contributed by atoms with Gasteiger partial charge in [-0.3, -0.25) is 4.72 Å². The standard InChI is InChI=1S/C11H6Br2F3NO2S2/c12-8-5-9(20-10(8)13)21(18,19)17-7-3-1-2-6(4-7)11(14,15)16/h1-5,17H. The number of benzene rings is 1. The first-order chi connectivity index (χ1) is 9.59. The minimum absolute atomic E-state index is 0.0151. The van der Waals surface area contributed by atoms with Crippen LogP contribution in [0.2, 0.25) is 0 Å². The molecule has 0 fully saturated rings. The molecule has 1 aromatic carbocycles. The molecule has 0 aliphatic heterocycles. The molecule has 21 heavy (non-hydrogen) atoms. The van der Waals surface area contributed by atoms with Gasteiger partial charge in [-0.25, -0.2) is 8.42 Å². The van der Waals surface area contributed by atoms with Crippen molar-refractivity contribution in [1.29, 1.82) is 0 Å². The highest BCUT2D eigenvalue weighted by Crippen LogP contribution is 2.36. The molecule has 0 unspecified atom stereocenters. The van der Waals surface area contributed by atoms with E-state index in [1.54, 1.807) is 0 Å². The van der Waals surface area contributed by atoms with E-state index in [4.69, 9.17) is 0 Å². The Balaban J connectivity index is 2.33. The molecule has 0 aliphatic rings. The summed E-state index contributed by atoms with van der Waals surface area (Å²) in [4.78, 5) is 0. The summed E-state index contributed by atoms with van der Waals surface area (Å²) in [5.74, 6) is 0. The second-order valence-electron chi connectivity index (χ2n) is 3.87. The van der Waals surface area contributed by atoms with E-state index in [2.05, 4.69) is 36.6 Å². The van der Waals surface area contributed by atoms with Crippen molar-refractivity contribution in [3.63, 3.8) is 0 Å². The van der Waals surface area contributed by atoms with Crippen LogP contribution < -0.4 is 4.72 Å². The van der Waals surface area contributed by atoms with E-state index < -0.39 is 21.8 Å². The predicted molar refractivity (Wildman–Crippen MR) is 82.0 cm³/mol. The van der Waals surface area contributed by atoms with Gasteiger partial charge in [-0.2, -0.15) is 13.2 Å². The molecule has 1 N–H and O–H groups in total. The zero-order chi connectivity index (χ0) is 15.8. The Kier molecular flexibility index (Phi) is 4.72. The fourth-order valence-electron chi connectivity index (χ4n) is 1.42. The smallest absolute Gasteiger partial charge is 0.279 e. The molecule has 2 rings (SSSR count). The number of hydrogen-bond donors (Lipinski definition) is 1. The number of halogens is 5. The molecular weight excluding hydrogens is 459 g/mol. The van der Waals surface area contributed by atoms with E-state index in [-0.39, 0.29) is 9.90 Å². The molecule has 114 valence electrons. The second-order valence-corrected chi connectivity index (χ2v) is 9.00. The highest BCUT2D eigenvalue weighted by molar-refractivity contribution is 9.13. The SMILES string of the molecule is O=S(=O)(Nc1cccc(C(F)(F)F)c1)c1cc(Br)c(Br)s1. The summed E-state index contributed by atoms with van der Waals surface area (Å²) in [5.41, 5.74) is -1.07. The Morgan fingerprint density at radius 2 is 1.81 bits per heavy atom. The van der Waals surface area contributed by atoms with Crippen molar-refractivity contribution in [2.24, 2.45) is 0 Å². The lowest BCUT2D eigenvalue weighted by atomic mass is 10.2. The molecular formula is C11H6Br2F3NO2S2. The van der Waals surface area contributed by atoms with Gasteiger partial charge in [-0.05, 0) is 56.1 Å². The Morgan fingerprint density at radius 1 is 1.14 bits per heavy atom. The Morgan fingerprint density at radius 3 is 2.33 bits per heavy atom.